The van der Waals surface area contributed by atoms with E-state index in [-0.39, 0.29) is 5.41 Å². The number of hydrogen-bond donors (Lipinski definition) is 2. The highest BCUT2D eigenvalue weighted by Crippen LogP contribution is 2.45. The van der Waals surface area contributed by atoms with Gasteiger partial charge in [0, 0.05) is 0 Å². The molecule has 0 saturated carbocycles. The highest BCUT2D eigenvalue weighted by molar-refractivity contribution is 5.66. The lowest BCUT2D eigenvalue weighted by Crippen LogP contribution is -2.33. The number of phenols is 2. The Labute approximate surface area is 169 Å². The molecule has 0 aromatic heterocycles. The van der Waals surface area contributed by atoms with E-state index in [1.54, 1.807) is 12.1 Å². The molecule has 0 saturated heterocycles. The molecule has 2 heteroatoms. The van der Waals surface area contributed by atoms with Crippen LogP contribution in [0.25, 0.3) is 5.57 Å². The van der Waals surface area contributed by atoms with Gasteiger partial charge in [-0.25, -0.2) is 0 Å². The molecule has 2 unspecified atom stereocenters. The minimum atomic E-state index is 0.125. The maximum absolute atomic E-state index is 9.73. The molecule has 0 aliphatic heterocycles. The van der Waals surface area contributed by atoms with Crippen LogP contribution in [0, 0.1) is 11.8 Å². The van der Waals surface area contributed by atoms with E-state index in [0.717, 1.165) is 18.8 Å². The molecular weight excluding hydrogens is 344 g/mol. The molecule has 0 amide bonds. The lowest BCUT2D eigenvalue weighted by Gasteiger charge is -2.40. The third-order valence-electron chi connectivity index (χ3n) is 6.55. The summed E-state index contributed by atoms with van der Waals surface area (Å²) in [6.07, 6.45) is 9.41. The highest BCUT2D eigenvalue weighted by Gasteiger charge is 2.36. The largest absolute Gasteiger partial charge is 0.508 e. The first-order chi connectivity index (χ1) is 13.4. The predicted molar refractivity (Wildman–Crippen MR) is 118 cm³/mol. The number of hydrogen-bond acceptors (Lipinski definition) is 2. The van der Waals surface area contributed by atoms with Gasteiger partial charge in [0.2, 0.25) is 0 Å². The zero-order valence-corrected chi connectivity index (χ0v) is 17.5. The summed E-state index contributed by atoms with van der Waals surface area (Å²) in [7, 11) is 0. The quantitative estimate of drug-likeness (QED) is 0.541. The molecule has 2 nitrogen and oxygen atoms in total. The van der Waals surface area contributed by atoms with Crippen molar-refractivity contribution in [2.24, 2.45) is 11.8 Å². The molecule has 2 aromatic carbocycles. The summed E-state index contributed by atoms with van der Waals surface area (Å²) < 4.78 is 0. The molecule has 2 atom stereocenters. The average molecular weight is 379 g/mol. The standard InChI is InChI=1S/C26H34O2/c1-19(2)5-4-18-26(3,23-12-16-25(28)17-13-23)22-10-6-20(7-11-22)21-8-14-24(27)15-9-21/h6,8-9,12-17,19,22,27-28H,4-5,7,10-11,18H2,1-3H3. The molecule has 3 rings (SSSR count). The minimum Gasteiger partial charge on any atom is -0.508 e. The first-order valence-electron chi connectivity index (χ1n) is 10.7. The van der Waals surface area contributed by atoms with Crippen LogP contribution >= 0.6 is 0 Å². The molecular formula is C26H34O2. The molecule has 28 heavy (non-hydrogen) atoms. The molecule has 0 spiro atoms. The molecule has 150 valence electrons. The first kappa shape index (κ1) is 20.5. The Kier molecular flexibility index (Phi) is 6.49. The smallest absolute Gasteiger partial charge is 0.115 e. The predicted octanol–water partition coefficient (Wildman–Crippen LogP) is 7.07. The second kappa shape index (κ2) is 8.86. The number of aromatic hydroxyl groups is 2. The Bertz CT molecular complexity index is 786. The van der Waals surface area contributed by atoms with Gasteiger partial charge < -0.3 is 10.2 Å². The van der Waals surface area contributed by atoms with E-state index in [1.165, 1.54) is 42.4 Å². The molecule has 1 aliphatic carbocycles. The summed E-state index contributed by atoms with van der Waals surface area (Å²) in [4.78, 5) is 0. The second-order valence-electron chi connectivity index (χ2n) is 9.00. The van der Waals surface area contributed by atoms with Gasteiger partial charge in [-0.1, -0.05) is 64.0 Å². The third-order valence-corrected chi connectivity index (χ3v) is 6.55. The van der Waals surface area contributed by atoms with Gasteiger partial charge in [-0.2, -0.15) is 0 Å². The number of rotatable bonds is 7. The Hall–Kier alpha value is -2.22. The van der Waals surface area contributed by atoms with Crippen LogP contribution in [0.5, 0.6) is 11.5 Å². The van der Waals surface area contributed by atoms with Crippen molar-refractivity contribution < 1.29 is 10.2 Å². The first-order valence-corrected chi connectivity index (χ1v) is 10.7. The summed E-state index contributed by atoms with van der Waals surface area (Å²) in [5.41, 5.74) is 4.09. The van der Waals surface area contributed by atoms with Crippen molar-refractivity contribution in [1.29, 1.82) is 0 Å². The Morgan fingerprint density at radius 3 is 2.11 bits per heavy atom. The van der Waals surface area contributed by atoms with E-state index in [0.29, 0.717) is 17.4 Å². The topological polar surface area (TPSA) is 40.5 Å². The minimum absolute atomic E-state index is 0.125. The Balaban J connectivity index is 1.80. The lowest BCUT2D eigenvalue weighted by atomic mass is 9.64. The summed E-state index contributed by atoms with van der Waals surface area (Å²) in [6, 6.07) is 15.5. The van der Waals surface area contributed by atoms with Gasteiger partial charge in [0.15, 0.2) is 0 Å². The van der Waals surface area contributed by atoms with Crippen LogP contribution in [0.4, 0.5) is 0 Å². The van der Waals surface area contributed by atoms with E-state index >= 15 is 0 Å². The van der Waals surface area contributed by atoms with E-state index in [2.05, 4.69) is 39.0 Å². The number of allylic oxidation sites excluding steroid dienone is 2. The van der Waals surface area contributed by atoms with Gasteiger partial charge in [-0.3, -0.25) is 0 Å². The summed E-state index contributed by atoms with van der Waals surface area (Å²) in [5.74, 6) is 2.00. The van der Waals surface area contributed by atoms with Crippen LogP contribution < -0.4 is 0 Å². The average Bonchev–Trinajstić information content (AvgIpc) is 2.69. The van der Waals surface area contributed by atoms with Crippen molar-refractivity contribution in [3.63, 3.8) is 0 Å². The van der Waals surface area contributed by atoms with Gasteiger partial charge in [-0.05, 0) is 83.9 Å². The Morgan fingerprint density at radius 2 is 1.57 bits per heavy atom. The second-order valence-corrected chi connectivity index (χ2v) is 9.00. The fraction of sp³-hybridized carbons (Fsp3) is 0.462. The fourth-order valence-corrected chi connectivity index (χ4v) is 4.65. The van der Waals surface area contributed by atoms with Gasteiger partial charge >= 0.3 is 0 Å². The van der Waals surface area contributed by atoms with Crippen LogP contribution in [0.3, 0.4) is 0 Å². The summed E-state index contributed by atoms with van der Waals surface area (Å²) >= 11 is 0. The molecule has 2 N–H and O–H groups in total. The van der Waals surface area contributed by atoms with Crippen molar-refractivity contribution in [3.05, 3.63) is 65.7 Å². The SMILES string of the molecule is CC(C)CCCC(C)(c1ccc(O)cc1)C1CC=C(c2ccc(O)cc2)CC1. The lowest BCUT2D eigenvalue weighted by molar-refractivity contribution is 0.244. The number of benzene rings is 2. The maximum Gasteiger partial charge on any atom is 0.115 e. The van der Waals surface area contributed by atoms with Gasteiger partial charge in [-0.15, -0.1) is 0 Å². The zero-order valence-electron chi connectivity index (χ0n) is 17.5. The fourth-order valence-electron chi connectivity index (χ4n) is 4.65. The maximum atomic E-state index is 9.73. The van der Waals surface area contributed by atoms with Crippen molar-refractivity contribution in [1.82, 2.24) is 0 Å². The van der Waals surface area contributed by atoms with E-state index < -0.39 is 0 Å². The van der Waals surface area contributed by atoms with Crippen LogP contribution in [0.2, 0.25) is 0 Å². The molecule has 0 heterocycles. The normalized spacial score (nSPS) is 19.3. The van der Waals surface area contributed by atoms with E-state index in [1.807, 2.05) is 24.3 Å². The van der Waals surface area contributed by atoms with Crippen molar-refractivity contribution in [2.45, 2.75) is 64.7 Å². The van der Waals surface area contributed by atoms with Crippen molar-refractivity contribution in [2.75, 3.05) is 0 Å². The monoisotopic (exact) mass is 378 g/mol. The van der Waals surface area contributed by atoms with E-state index in [9.17, 15) is 10.2 Å². The molecule has 0 bridgehead atoms. The van der Waals surface area contributed by atoms with E-state index in [4.69, 9.17) is 0 Å². The highest BCUT2D eigenvalue weighted by atomic mass is 16.3. The molecule has 0 fully saturated rings. The van der Waals surface area contributed by atoms with Gasteiger partial charge in [0.05, 0.1) is 0 Å². The van der Waals surface area contributed by atoms with Crippen molar-refractivity contribution >= 4 is 5.57 Å². The van der Waals surface area contributed by atoms with Gasteiger partial charge in [0.25, 0.3) is 0 Å². The molecule has 2 aromatic rings. The molecule has 1 aliphatic rings. The molecule has 0 radical (unpaired) electrons. The summed E-state index contributed by atoms with van der Waals surface area (Å²) in [5, 5.41) is 19.3. The van der Waals surface area contributed by atoms with Crippen LogP contribution in [0.1, 0.15) is 70.4 Å². The van der Waals surface area contributed by atoms with Crippen LogP contribution in [-0.2, 0) is 5.41 Å². The summed E-state index contributed by atoms with van der Waals surface area (Å²) in [6.45, 7) is 7.01. The van der Waals surface area contributed by atoms with Crippen molar-refractivity contribution in [3.8, 4) is 11.5 Å². The van der Waals surface area contributed by atoms with Crippen LogP contribution in [0.15, 0.2) is 54.6 Å². The Morgan fingerprint density at radius 1 is 0.964 bits per heavy atom. The zero-order chi connectivity index (χ0) is 20.1. The van der Waals surface area contributed by atoms with Crippen LogP contribution in [-0.4, -0.2) is 10.2 Å². The number of phenolic OH excluding ortho intramolecular Hbond substituents is 2. The third kappa shape index (κ3) is 4.79. The van der Waals surface area contributed by atoms with Gasteiger partial charge in [0.1, 0.15) is 11.5 Å².